The molecule has 0 amide bonds. The number of ether oxygens (including phenoxy) is 8. The summed E-state index contributed by atoms with van der Waals surface area (Å²) < 4.78 is 49.9. The first-order chi connectivity index (χ1) is 29.3. The van der Waals surface area contributed by atoms with Gasteiger partial charge in [0.15, 0.2) is 24.7 Å². The van der Waals surface area contributed by atoms with Crippen LogP contribution in [-0.2, 0) is 37.9 Å². The Hall–Kier alpha value is -0.940. The highest BCUT2D eigenvalue weighted by Crippen LogP contribution is 2.70. The lowest BCUT2D eigenvalue weighted by atomic mass is 9.46. The average Bonchev–Trinajstić information content (AvgIpc) is 3.69. The van der Waals surface area contributed by atoms with E-state index in [1.165, 1.54) is 13.8 Å². The van der Waals surface area contributed by atoms with Crippen molar-refractivity contribution in [2.24, 2.45) is 46.3 Å². The SMILES string of the molecule is CC1CCC2(OC1)OC1CC3C4C(O)C=C5CC(OC6OC(CO)C(OC7OC(C)C(O)C(O)C7O)C(O)C6OC6OC(C)C(O)C(O)C6O)CCC5(C)C4CCC3(C)C1C2C. The van der Waals surface area contributed by atoms with Crippen molar-refractivity contribution in [2.45, 2.75) is 209 Å². The Balaban J connectivity index is 0.931. The van der Waals surface area contributed by atoms with Gasteiger partial charge in [-0.05, 0) is 99.2 Å². The van der Waals surface area contributed by atoms with Crippen LogP contribution in [0.15, 0.2) is 11.6 Å². The van der Waals surface area contributed by atoms with Crippen LogP contribution in [-0.4, -0.2) is 175 Å². The molecule has 5 aliphatic heterocycles. The Morgan fingerprint density at radius 1 is 0.677 bits per heavy atom. The Morgan fingerprint density at radius 3 is 1.94 bits per heavy atom. The highest BCUT2D eigenvalue weighted by Gasteiger charge is 2.70. The largest absolute Gasteiger partial charge is 0.394 e. The third-order valence-corrected chi connectivity index (χ3v) is 17.7. The van der Waals surface area contributed by atoms with Gasteiger partial charge in [-0.1, -0.05) is 39.3 Å². The molecule has 27 atom stereocenters. The van der Waals surface area contributed by atoms with Gasteiger partial charge in [0.2, 0.25) is 0 Å². The second-order valence-corrected chi connectivity index (χ2v) is 21.2. The molecule has 17 heteroatoms. The van der Waals surface area contributed by atoms with Crippen molar-refractivity contribution in [1.82, 2.24) is 0 Å². The zero-order valence-corrected chi connectivity index (χ0v) is 36.8. The van der Waals surface area contributed by atoms with Gasteiger partial charge in [0.05, 0.1) is 43.7 Å². The molecule has 9 N–H and O–H groups in total. The van der Waals surface area contributed by atoms with Crippen LogP contribution in [0.25, 0.3) is 0 Å². The molecule has 4 aliphatic carbocycles. The van der Waals surface area contributed by atoms with Crippen molar-refractivity contribution >= 4 is 0 Å². The van der Waals surface area contributed by atoms with Crippen LogP contribution in [0.2, 0.25) is 0 Å². The van der Waals surface area contributed by atoms with E-state index in [0.717, 1.165) is 50.7 Å². The maximum atomic E-state index is 12.1. The lowest BCUT2D eigenvalue weighted by Gasteiger charge is -2.59. The summed E-state index contributed by atoms with van der Waals surface area (Å²) in [5.41, 5.74) is 0.921. The lowest BCUT2D eigenvalue weighted by molar-refractivity contribution is -0.388. The van der Waals surface area contributed by atoms with Crippen LogP contribution in [0.4, 0.5) is 0 Å². The zero-order valence-electron chi connectivity index (χ0n) is 36.8. The van der Waals surface area contributed by atoms with E-state index in [-0.39, 0.29) is 34.7 Å². The van der Waals surface area contributed by atoms with Crippen LogP contribution >= 0.6 is 0 Å². The number of aliphatic hydroxyl groups excluding tert-OH is 9. The first-order valence-electron chi connectivity index (χ1n) is 23.3. The van der Waals surface area contributed by atoms with E-state index in [1.807, 2.05) is 6.08 Å². The lowest BCUT2D eigenvalue weighted by Crippen LogP contribution is -2.66. The number of hydrogen-bond donors (Lipinski definition) is 9. The van der Waals surface area contributed by atoms with Gasteiger partial charge < -0.3 is 83.9 Å². The monoisotopic (exact) mass is 884 g/mol. The van der Waals surface area contributed by atoms with Crippen LogP contribution in [0.3, 0.4) is 0 Å². The molecule has 5 saturated heterocycles. The van der Waals surface area contributed by atoms with Gasteiger partial charge in [0.1, 0.15) is 61.0 Å². The Kier molecular flexibility index (Phi) is 12.7. The molecular weight excluding hydrogens is 812 g/mol. The molecule has 5 heterocycles. The fourth-order valence-electron chi connectivity index (χ4n) is 14.0. The molecule has 62 heavy (non-hydrogen) atoms. The van der Waals surface area contributed by atoms with Crippen molar-refractivity contribution in [3.63, 3.8) is 0 Å². The zero-order chi connectivity index (χ0) is 44.4. The van der Waals surface area contributed by atoms with E-state index in [9.17, 15) is 46.0 Å². The summed E-state index contributed by atoms with van der Waals surface area (Å²) in [6.45, 7) is 12.3. The summed E-state index contributed by atoms with van der Waals surface area (Å²) >= 11 is 0. The first kappa shape index (κ1) is 46.2. The Morgan fingerprint density at radius 2 is 1.32 bits per heavy atom. The minimum absolute atomic E-state index is 0.0191. The van der Waals surface area contributed by atoms with Crippen LogP contribution in [0.5, 0.6) is 0 Å². The molecule has 0 radical (unpaired) electrons. The summed E-state index contributed by atoms with van der Waals surface area (Å²) in [7, 11) is 0. The number of rotatable bonds is 7. The minimum Gasteiger partial charge on any atom is -0.394 e. The minimum atomic E-state index is -1.74. The molecule has 3 saturated carbocycles. The van der Waals surface area contributed by atoms with Gasteiger partial charge in [0.25, 0.3) is 0 Å². The van der Waals surface area contributed by atoms with Gasteiger partial charge in [0, 0.05) is 12.3 Å². The molecule has 17 nitrogen and oxygen atoms in total. The Bertz CT molecular complexity index is 1630. The fraction of sp³-hybridized carbons (Fsp3) is 0.956. The van der Waals surface area contributed by atoms with Crippen LogP contribution < -0.4 is 0 Å². The van der Waals surface area contributed by atoms with Gasteiger partial charge in [-0.2, -0.15) is 0 Å². The summed E-state index contributed by atoms with van der Waals surface area (Å²) in [5, 5.41) is 98.0. The number of fused-ring (bicyclic) bond motifs is 7. The molecule has 8 fully saturated rings. The molecular formula is C45H72O17. The van der Waals surface area contributed by atoms with Crippen molar-refractivity contribution in [3.05, 3.63) is 11.6 Å². The molecule has 0 aromatic carbocycles. The molecule has 0 aromatic rings. The second kappa shape index (κ2) is 17.0. The molecule has 27 unspecified atom stereocenters. The fourth-order valence-corrected chi connectivity index (χ4v) is 14.0. The van der Waals surface area contributed by atoms with Gasteiger partial charge in [-0.3, -0.25) is 0 Å². The maximum Gasteiger partial charge on any atom is 0.187 e. The number of hydrogen-bond acceptors (Lipinski definition) is 17. The van der Waals surface area contributed by atoms with E-state index in [2.05, 4.69) is 27.7 Å². The van der Waals surface area contributed by atoms with Gasteiger partial charge in [-0.15, -0.1) is 0 Å². The van der Waals surface area contributed by atoms with E-state index < -0.39 is 117 Å². The predicted octanol–water partition coefficient (Wildman–Crippen LogP) is 0.213. The summed E-state index contributed by atoms with van der Waals surface area (Å²) in [5.74, 6) is 1.30. The van der Waals surface area contributed by atoms with Crippen LogP contribution in [0, 0.1) is 46.3 Å². The molecule has 9 rings (SSSR count). The van der Waals surface area contributed by atoms with E-state index in [1.54, 1.807) is 0 Å². The summed E-state index contributed by atoms with van der Waals surface area (Å²) in [6, 6.07) is 0. The van der Waals surface area contributed by atoms with Gasteiger partial charge in [-0.25, -0.2) is 0 Å². The number of aliphatic hydroxyl groups is 9. The third kappa shape index (κ3) is 7.40. The van der Waals surface area contributed by atoms with Crippen molar-refractivity contribution in [1.29, 1.82) is 0 Å². The van der Waals surface area contributed by atoms with E-state index in [0.29, 0.717) is 30.6 Å². The third-order valence-electron chi connectivity index (χ3n) is 17.7. The quantitative estimate of drug-likeness (QED) is 0.155. The molecule has 0 aromatic heterocycles. The second-order valence-electron chi connectivity index (χ2n) is 21.2. The predicted molar refractivity (Wildman–Crippen MR) is 214 cm³/mol. The molecule has 1 spiro atoms. The molecule has 9 aliphatic rings. The normalized spacial score (nSPS) is 58.9. The van der Waals surface area contributed by atoms with Crippen molar-refractivity contribution in [2.75, 3.05) is 13.2 Å². The summed E-state index contributed by atoms with van der Waals surface area (Å²) in [4.78, 5) is 0. The van der Waals surface area contributed by atoms with Crippen LogP contribution in [0.1, 0.15) is 92.9 Å². The standard InChI is InChI=1S/C45H72O17/c1-18-7-12-45(55-17-18)19(2)30-27(62-45)15-25-29-24(9-11-44(25,30)6)43(5)10-8-23(13-22(43)14-26(29)47)58-42-39(61-41-36(53)34(51)32(49)21(4)57-41)37(54)38(28(16-46)59-42)60-40-35(52)33(50)31(48)20(3)56-40/h14,18-21,23-42,46-54H,7-13,15-17H2,1-6H3. The van der Waals surface area contributed by atoms with Crippen molar-refractivity contribution in [3.8, 4) is 0 Å². The maximum absolute atomic E-state index is 12.1. The summed E-state index contributed by atoms with van der Waals surface area (Å²) in [6.07, 6.45) is -14.1. The molecule has 0 bridgehead atoms. The first-order valence-corrected chi connectivity index (χ1v) is 23.3. The van der Waals surface area contributed by atoms with E-state index in [4.69, 9.17) is 37.9 Å². The van der Waals surface area contributed by atoms with Gasteiger partial charge >= 0.3 is 0 Å². The molecule has 354 valence electrons. The highest BCUT2D eigenvalue weighted by molar-refractivity contribution is 5.29. The van der Waals surface area contributed by atoms with Crippen molar-refractivity contribution < 1.29 is 83.9 Å². The topological polar surface area (TPSA) is 256 Å². The Labute approximate surface area is 363 Å². The van der Waals surface area contributed by atoms with E-state index >= 15 is 0 Å². The smallest absolute Gasteiger partial charge is 0.187 e. The average molecular weight is 885 g/mol. The highest BCUT2D eigenvalue weighted by atomic mass is 16.8.